The number of nitrogens with one attached hydrogen (secondary N) is 2. The molecule has 32 heavy (non-hydrogen) atoms. The SMILES string of the molecule is CCOC(=O)c1c(NC(=O)/C=C/c2ccc([N+](=O)[O-])cc2)sc2c1CC(C)(C)NC2(C)C. The van der Waals surface area contributed by atoms with Crippen LogP contribution in [-0.4, -0.2) is 28.9 Å². The van der Waals surface area contributed by atoms with Gasteiger partial charge in [0.1, 0.15) is 5.00 Å². The van der Waals surface area contributed by atoms with E-state index in [-0.39, 0.29) is 23.4 Å². The fourth-order valence-electron chi connectivity index (χ4n) is 4.07. The second-order valence-corrected chi connectivity index (χ2v) is 9.84. The van der Waals surface area contributed by atoms with Crippen molar-refractivity contribution in [2.24, 2.45) is 0 Å². The van der Waals surface area contributed by atoms with Gasteiger partial charge in [0.2, 0.25) is 5.91 Å². The Kier molecular flexibility index (Phi) is 6.52. The summed E-state index contributed by atoms with van der Waals surface area (Å²) in [5, 5.41) is 17.6. The number of rotatable bonds is 6. The maximum Gasteiger partial charge on any atom is 0.341 e. The molecule has 0 aliphatic carbocycles. The Balaban J connectivity index is 1.90. The van der Waals surface area contributed by atoms with Crippen molar-refractivity contribution < 1.29 is 19.2 Å². The minimum absolute atomic E-state index is 0.0194. The zero-order valence-electron chi connectivity index (χ0n) is 18.8. The fraction of sp³-hybridized carbons (Fsp3) is 0.391. The van der Waals surface area contributed by atoms with E-state index in [0.717, 1.165) is 10.4 Å². The number of anilines is 1. The highest BCUT2D eigenvalue weighted by atomic mass is 32.1. The molecule has 0 saturated carbocycles. The zero-order chi connectivity index (χ0) is 23.7. The second kappa shape index (κ2) is 8.84. The van der Waals surface area contributed by atoms with Crippen LogP contribution in [0.2, 0.25) is 0 Å². The van der Waals surface area contributed by atoms with Crippen LogP contribution < -0.4 is 10.6 Å². The number of esters is 1. The number of non-ortho nitro benzene ring substituents is 1. The van der Waals surface area contributed by atoms with Gasteiger partial charge < -0.3 is 15.4 Å². The van der Waals surface area contributed by atoms with Gasteiger partial charge >= 0.3 is 5.97 Å². The molecule has 1 amide bonds. The number of ether oxygens (including phenoxy) is 1. The molecule has 0 unspecified atom stereocenters. The van der Waals surface area contributed by atoms with Crippen LogP contribution in [0.25, 0.3) is 6.08 Å². The average molecular weight is 458 g/mol. The normalized spacial score (nSPS) is 16.4. The standard InChI is InChI=1S/C23H27N3O5S/c1-6-31-21(28)18-16-13-22(2,3)25-23(4,5)19(16)32-20(18)24-17(27)12-9-14-7-10-15(11-8-14)26(29)30/h7-12,25H,6,13H2,1-5H3,(H,24,27)/b12-9+. The van der Waals surface area contributed by atoms with E-state index in [1.807, 2.05) is 0 Å². The second-order valence-electron chi connectivity index (χ2n) is 8.82. The van der Waals surface area contributed by atoms with Gasteiger partial charge in [-0.25, -0.2) is 4.79 Å². The Hall–Kier alpha value is -3.04. The summed E-state index contributed by atoms with van der Waals surface area (Å²) in [6.45, 7) is 10.3. The van der Waals surface area contributed by atoms with Gasteiger partial charge in [-0.15, -0.1) is 11.3 Å². The minimum Gasteiger partial charge on any atom is -0.462 e. The Labute approximate surface area is 190 Å². The number of fused-ring (bicyclic) bond motifs is 1. The van der Waals surface area contributed by atoms with Crippen LogP contribution in [0.15, 0.2) is 30.3 Å². The van der Waals surface area contributed by atoms with Crippen LogP contribution in [0.5, 0.6) is 0 Å². The van der Waals surface area contributed by atoms with E-state index in [0.29, 0.717) is 22.5 Å². The smallest absolute Gasteiger partial charge is 0.341 e. The Morgan fingerprint density at radius 3 is 2.50 bits per heavy atom. The van der Waals surface area contributed by atoms with Crippen molar-refractivity contribution in [1.82, 2.24) is 5.32 Å². The quantitative estimate of drug-likeness (QED) is 0.283. The highest BCUT2D eigenvalue weighted by Crippen LogP contribution is 2.45. The maximum absolute atomic E-state index is 12.8. The number of carbonyl (C=O) groups is 2. The highest BCUT2D eigenvalue weighted by Gasteiger charge is 2.42. The molecule has 0 atom stereocenters. The van der Waals surface area contributed by atoms with Gasteiger partial charge in [0.05, 0.1) is 17.1 Å². The molecule has 0 saturated heterocycles. The zero-order valence-corrected chi connectivity index (χ0v) is 19.6. The maximum atomic E-state index is 12.8. The van der Waals surface area contributed by atoms with Crippen molar-refractivity contribution in [3.63, 3.8) is 0 Å². The summed E-state index contributed by atoms with van der Waals surface area (Å²) in [6.07, 6.45) is 3.53. The van der Waals surface area contributed by atoms with E-state index < -0.39 is 16.8 Å². The molecule has 1 aliphatic rings. The number of nitro groups is 1. The molecule has 1 aromatic carbocycles. The summed E-state index contributed by atoms with van der Waals surface area (Å²) in [5.74, 6) is -0.856. The van der Waals surface area contributed by atoms with Crippen molar-refractivity contribution in [3.8, 4) is 0 Å². The number of nitro benzene ring substituents is 1. The first-order valence-corrected chi connectivity index (χ1v) is 11.1. The number of thiophene rings is 1. The van der Waals surface area contributed by atoms with Crippen LogP contribution in [0.1, 0.15) is 61.0 Å². The fourth-order valence-corrected chi connectivity index (χ4v) is 5.34. The summed E-state index contributed by atoms with van der Waals surface area (Å²) in [6, 6.07) is 5.87. The van der Waals surface area contributed by atoms with Crippen molar-refractivity contribution >= 4 is 40.0 Å². The molecule has 3 rings (SSSR count). The monoisotopic (exact) mass is 457 g/mol. The van der Waals surface area contributed by atoms with Crippen LogP contribution in [0.3, 0.4) is 0 Å². The Bertz CT molecular complexity index is 1080. The van der Waals surface area contributed by atoms with E-state index >= 15 is 0 Å². The van der Waals surface area contributed by atoms with Crippen molar-refractivity contribution in [2.45, 2.75) is 52.1 Å². The van der Waals surface area contributed by atoms with E-state index in [9.17, 15) is 19.7 Å². The number of carbonyl (C=O) groups excluding carboxylic acids is 2. The molecule has 2 heterocycles. The number of hydrogen-bond donors (Lipinski definition) is 2. The van der Waals surface area contributed by atoms with Crippen molar-refractivity contribution in [2.75, 3.05) is 11.9 Å². The molecule has 170 valence electrons. The molecule has 2 N–H and O–H groups in total. The third-order valence-electron chi connectivity index (χ3n) is 5.09. The van der Waals surface area contributed by atoms with E-state index in [1.165, 1.54) is 29.5 Å². The highest BCUT2D eigenvalue weighted by molar-refractivity contribution is 7.17. The van der Waals surface area contributed by atoms with Gasteiger partial charge in [-0.3, -0.25) is 14.9 Å². The first-order chi connectivity index (χ1) is 14.9. The van der Waals surface area contributed by atoms with Crippen molar-refractivity contribution in [1.29, 1.82) is 0 Å². The van der Waals surface area contributed by atoms with Gasteiger partial charge in [0.25, 0.3) is 5.69 Å². The van der Waals surface area contributed by atoms with Crippen LogP contribution in [-0.2, 0) is 21.5 Å². The summed E-state index contributed by atoms with van der Waals surface area (Å²) < 4.78 is 5.29. The lowest BCUT2D eigenvalue weighted by molar-refractivity contribution is -0.384. The van der Waals surface area contributed by atoms with Crippen LogP contribution in [0.4, 0.5) is 10.7 Å². The van der Waals surface area contributed by atoms with Gasteiger partial charge in [0.15, 0.2) is 0 Å². The molecule has 0 radical (unpaired) electrons. The molecule has 0 spiro atoms. The topological polar surface area (TPSA) is 111 Å². The molecular weight excluding hydrogens is 430 g/mol. The van der Waals surface area contributed by atoms with Gasteiger partial charge in [-0.1, -0.05) is 0 Å². The van der Waals surface area contributed by atoms with Crippen molar-refractivity contribution in [3.05, 3.63) is 62.0 Å². The molecule has 1 aliphatic heterocycles. The van der Waals surface area contributed by atoms with Crippen LogP contribution >= 0.6 is 11.3 Å². The van der Waals surface area contributed by atoms with Gasteiger partial charge in [0, 0.05) is 34.2 Å². The third kappa shape index (κ3) is 5.05. The first kappa shape index (κ1) is 23.6. The lowest BCUT2D eigenvalue weighted by Gasteiger charge is -2.42. The molecule has 8 nitrogen and oxygen atoms in total. The molecule has 9 heteroatoms. The van der Waals surface area contributed by atoms with Crippen LogP contribution in [0, 0.1) is 10.1 Å². The summed E-state index contributed by atoms with van der Waals surface area (Å²) >= 11 is 1.37. The third-order valence-corrected chi connectivity index (χ3v) is 6.56. The average Bonchev–Trinajstić information content (AvgIpc) is 3.03. The minimum atomic E-state index is -0.479. The predicted octanol–water partition coefficient (Wildman–Crippen LogP) is 4.64. The number of nitrogens with zero attached hydrogens (tertiary/aromatic N) is 1. The summed E-state index contributed by atoms with van der Waals surface area (Å²) in [5.41, 5.74) is 1.34. The molecule has 1 aromatic heterocycles. The Morgan fingerprint density at radius 1 is 1.25 bits per heavy atom. The number of amides is 1. The van der Waals surface area contributed by atoms with Gasteiger partial charge in [-0.05, 0) is 70.4 Å². The number of hydrogen-bond acceptors (Lipinski definition) is 7. The molecular formula is C23H27N3O5S. The summed E-state index contributed by atoms with van der Waals surface area (Å²) in [4.78, 5) is 36.7. The van der Waals surface area contributed by atoms with Gasteiger partial charge in [-0.2, -0.15) is 0 Å². The predicted molar refractivity (Wildman–Crippen MR) is 125 cm³/mol. The van der Waals surface area contributed by atoms with E-state index in [1.54, 1.807) is 25.1 Å². The molecule has 2 aromatic rings. The van der Waals surface area contributed by atoms with E-state index in [2.05, 4.69) is 38.3 Å². The molecule has 0 fully saturated rings. The first-order valence-electron chi connectivity index (χ1n) is 10.3. The molecule has 0 bridgehead atoms. The Morgan fingerprint density at radius 2 is 1.91 bits per heavy atom. The lowest BCUT2D eigenvalue weighted by Crippen LogP contribution is -2.55. The van der Waals surface area contributed by atoms with E-state index in [4.69, 9.17) is 4.74 Å². The number of benzene rings is 1. The summed E-state index contributed by atoms with van der Waals surface area (Å²) in [7, 11) is 0. The lowest BCUT2D eigenvalue weighted by atomic mass is 9.81. The largest absolute Gasteiger partial charge is 0.462 e.